The number of fused-ring (bicyclic) bond motifs is 1. The number of carbonyl (C=O) groups is 3. The lowest BCUT2D eigenvalue weighted by Gasteiger charge is -2.38. The zero-order valence-corrected chi connectivity index (χ0v) is 14.8. The van der Waals surface area contributed by atoms with E-state index in [1.807, 2.05) is 0 Å². The number of hydrogen-bond acceptors (Lipinski definition) is 5. The first-order valence-electron chi connectivity index (χ1n) is 9.10. The maximum absolute atomic E-state index is 13.1. The predicted octanol–water partition coefficient (Wildman–Crippen LogP) is 2.33. The van der Waals surface area contributed by atoms with E-state index in [4.69, 9.17) is 0 Å². The summed E-state index contributed by atoms with van der Waals surface area (Å²) in [6.45, 7) is 1.52. The lowest BCUT2D eigenvalue weighted by molar-refractivity contribution is -0.385. The van der Waals surface area contributed by atoms with Crippen molar-refractivity contribution >= 4 is 23.3 Å². The Morgan fingerprint density at radius 2 is 2.00 bits per heavy atom. The predicted molar refractivity (Wildman–Crippen MR) is 92.7 cm³/mol. The molecule has 0 spiro atoms. The van der Waals surface area contributed by atoms with Crippen LogP contribution in [0.15, 0.2) is 24.3 Å². The standard InChI is InChI=1S/C19H20N2O6/c1-19(18(24)25)13-7-8-14(22)15(13)16(20(19)17(23)10-5-6-10)11-3-2-4-12(9-11)21(26)27/h2-4,9-10,13,15-16H,5-8H2,1H3,(H,24,25). The number of nitro groups is 1. The molecule has 8 nitrogen and oxygen atoms in total. The molecular weight excluding hydrogens is 352 g/mol. The largest absolute Gasteiger partial charge is 0.479 e. The molecule has 2 aliphatic carbocycles. The Labute approximate surface area is 155 Å². The minimum absolute atomic E-state index is 0.0740. The number of ketones is 1. The highest BCUT2D eigenvalue weighted by molar-refractivity contribution is 5.95. The number of Topliss-reactive ketones (excluding diaryl/α,β-unsaturated/α-hetero) is 1. The zero-order valence-electron chi connectivity index (χ0n) is 14.8. The Kier molecular flexibility index (Phi) is 3.83. The van der Waals surface area contributed by atoms with E-state index < -0.39 is 34.3 Å². The average molecular weight is 372 g/mol. The third kappa shape index (κ3) is 2.46. The first-order valence-corrected chi connectivity index (χ1v) is 9.10. The van der Waals surface area contributed by atoms with E-state index >= 15 is 0 Å². The number of aliphatic carboxylic acids is 1. The molecule has 0 aromatic heterocycles. The molecule has 0 bridgehead atoms. The molecule has 1 amide bonds. The van der Waals surface area contributed by atoms with Crippen molar-refractivity contribution in [3.8, 4) is 0 Å². The van der Waals surface area contributed by atoms with Crippen LogP contribution in [0.25, 0.3) is 0 Å². The number of nitrogens with zero attached hydrogens (tertiary/aromatic N) is 2. The van der Waals surface area contributed by atoms with Crippen LogP contribution in [0.3, 0.4) is 0 Å². The molecular formula is C19H20N2O6. The molecule has 3 fully saturated rings. The van der Waals surface area contributed by atoms with Crippen molar-refractivity contribution in [3.63, 3.8) is 0 Å². The Balaban J connectivity index is 1.89. The second-order valence-corrected chi connectivity index (χ2v) is 7.87. The molecule has 4 rings (SSSR count). The van der Waals surface area contributed by atoms with Gasteiger partial charge in [0.05, 0.1) is 11.0 Å². The fourth-order valence-corrected chi connectivity index (χ4v) is 4.86. The van der Waals surface area contributed by atoms with Crippen molar-refractivity contribution in [2.75, 3.05) is 0 Å². The molecule has 1 saturated heterocycles. The molecule has 1 aliphatic heterocycles. The van der Waals surface area contributed by atoms with Gasteiger partial charge in [-0.2, -0.15) is 0 Å². The smallest absolute Gasteiger partial charge is 0.329 e. The third-order valence-corrected chi connectivity index (χ3v) is 6.37. The number of nitro benzene ring substituents is 1. The zero-order chi connectivity index (χ0) is 19.5. The van der Waals surface area contributed by atoms with Crippen molar-refractivity contribution in [1.82, 2.24) is 4.90 Å². The van der Waals surface area contributed by atoms with Crippen molar-refractivity contribution in [3.05, 3.63) is 39.9 Å². The summed E-state index contributed by atoms with van der Waals surface area (Å²) in [5.41, 5.74) is -1.18. The number of hydrogen-bond donors (Lipinski definition) is 1. The highest BCUT2D eigenvalue weighted by Crippen LogP contribution is 2.57. The molecule has 1 aromatic rings. The van der Waals surface area contributed by atoms with Gasteiger partial charge in [0.2, 0.25) is 5.91 Å². The molecule has 0 radical (unpaired) electrons. The van der Waals surface area contributed by atoms with Crippen LogP contribution >= 0.6 is 0 Å². The first-order chi connectivity index (χ1) is 12.8. The molecule has 27 heavy (non-hydrogen) atoms. The highest BCUT2D eigenvalue weighted by atomic mass is 16.6. The Bertz CT molecular complexity index is 864. The van der Waals surface area contributed by atoms with Crippen LogP contribution in [0.1, 0.15) is 44.2 Å². The first kappa shape index (κ1) is 17.6. The number of amides is 1. The summed E-state index contributed by atoms with van der Waals surface area (Å²) >= 11 is 0. The van der Waals surface area contributed by atoms with Gasteiger partial charge in [-0.25, -0.2) is 4.79 Å². The minimum atomic E-state index is -1.49. The fraction of sp³-hybridized carbons (Fsp3) is 0.526. The van der Waals surface area contributed by atoms with Crippen molar-refractivity contribution in [1.29, 1.82) is 0 Å². The van der Waals surface area contributed by atoms with E-state index in [-0.39, 0.29) is 29.7 Å². The van der Waals surface area contributed by atoms with Gasteiger partial charge >= 0.3 is 5.97 Å². The second kappa shape index (κ2) is 5.87. The SMILES string of the molecule is CC1(C(=O)O)C2CCC(=O)C2C(c2cccc([N+](=O)[O-])c2)N1C(=O)C1CC1. The number of rotatable bonds is 4. The van der Waals surface area contributed by atoms with E-state index in [0.717, 1.165) is 0 Å². The van der Waals surface area contributed by atoms with Crippen LogP contribution in [0.4, 0.5) is 5.69 Å². The van der Waals surface area contributed by atoms with Crippen LogP contribution in [-0.4, -0.2) is 38.1 Å². The number of non-ortho nitro benzene ring substituents is 1. The van der Waals surface area contributed by atoms with E-state index in [2.05, 4.69) is 0 Å². The molecule has 2 saturated carbocycles. The van der Waals surface area contributed by atoms with Gasteiger partial charge in [0.25, 0.3) is 5.69 Å². The summed E-state index contributed by atoms with van der Waals surface area (Å²) in [5.74, 6) is -2.83. The van der Waals surface area contributed by atoms with Gasteiger partial charge in [-0.1, -0.05) is 12.1 Å². The second-order valence-electron chi connectivity index (χ2n) is 7.87. The van der Waals surface area contributed by atoms with Crippen molar-refractivity contribution < 1.29 is 24.4 Å². The summed E-state index contributed by atoms with van der Waals surface area (Å²) in [4.78, 5) is 50.0. The number of likely N-dealkylation sites (tertiary alicyclic amines) is 1. The highest BCUT2D eigenvalue weighted by Gasteiger charge is 2.66. The van der Waals surface area contributed by atoms with Crippen LogP contribution in [-0.2, 0) is 14.4 Å². The maximum Gasteiger partial charge on any atom is 0.329 e. The van der Waals surface area contributed by atoms with Gasteiger partial charge in [-0.3, -0.25) is 19.7 Å². The maximum atomic E-state index is 13.1. The molecule has 142 valence electrons. The Morgan fingerprint density at radius 1 is 1.30 bits per heavy atom. The lowest BCUT2D eigenvalue weighted by atomic mass is 9.80. The van der Waals surface area contributed by atoms with Gasteiger partial charge in [-0.05, 0) is 31.7 Å². The number of carbonyl (C=O) groups excluding carboxylic acids is 2. The molecule has 4 atom stereocenters. The van der Waals surface area contributed by atoms with Gasteiger partial charge < -0.3 is 10.0 Å². The van der Waals surface area contributed by atoms with Crippen molar-refractivity contribution in [2.45, 2.75) is 44.2 Å². The molecule has 4 unspecified atom stereocenters. The summed E-state index contributed by atoms with van der Waals surface area (Å²) in [7, 11) is 0. The van der Waals surface area contributed by atoms with Gasteiger partial charge in [0.15, 0.2) is 0 Å². The minimum Gasteiger partial charge on any atom is -0.479 e. The molecule has 8 heteroatoms. The Hall–Kier alpha value is -2.77. The average Bonchev–Trinajstić information content (AvgIpc) is 3.36. The number of carboxylic acids is 1. The van der Waals surface area contributed by atoms with E-state index in [1.54, 1.807) is 6.07 Å². The van der Waals surface area contributed by atoms with E-state index in [1.165, 1.54) is 30.0 Å². The monoisotopic (exact) mass is 372 g/mol. The van der Waals surface area contributed by atoms with Crippen LogP contribution in [0.2, 0.25) is 0 Å². The third-order valence-electron chi connectivity index (χ3n) is 6.37. The summed E-state index contributed by atoms with van der Waals surface area (Å²) in [6, 6.07) is 5.07. The topological polar surface area (TPSA) is 118 Å². The normalized spacial score (nSPS) is 32.4. The quantitative estimate of drug-likeness (QED) is 0.640. The molecule has 3 aliphatic rings. The van der Waals surface area contributed by atoms with Gasteiger partial charge in [-0.15, -0.1) is 0 Å². The van der Waals surface area contributed by atoms with Crippen molar-refractivity contribution in [2.24, 2.45) is 17.8 Å². The van der Waals surface area contributed by atoms with Crippen LogP contribution in [0, 0.1) is 27.9 Å². The summed E-state index contributed by atoms with van der Waals surface area (Å²) in [5, 5.41) is 21.2. The summed E-state index contributed by atoms with van der Waals surface area (Å²) in [6.07, 6.45) is 2.09. The van der Waals surface area contributed by atoms with Crippen LogP contribution in [0.5, 0.6) is 0 Å². The Morgan fingerprint density at radius 3 is 2.59 bits per heavy atom. The van der Waals surface area contributed by atoms with E-state index in [9.17, 15) is 29.6 Å². The molecule has 1 N–H and O–H groups in total. The number of carboxylic acid groups (broad SMARTS) is 1. The van der Waals surface area contributed by atoms with Crippen LogP contribution < -0.4 is 0 Å². The lowest BCUT2D eigenvalue weighted by Crippen LogP contribution is -2.55. The number of benzene rings is 1. The van der Waals surface area contributed by atoms with E-state index in [0.29, 0.717) is 24.8 Å². The van der Waals surface area contributed by atoms with Gasteiger partial charge in [0.1, 0.15) is 11.3 Å². The van der Waals surface area contributed by atoms with Gasteiger partial charge in [0, 0.05) is 36.3 Å². The summed E-state index contributed by atoms with van der Waals surface area (Å²) < 4.78 is 0. The molecule has 1 heterocycles. The molecule has 1 aromatic carbocycles. The fourth-order valence-electron chi connectivity index (χ4n) is 4.86.